The van der Waals surface area contributed by atoms with Crippen molar-refractivity contribution < 1.29 is 4.79 Å². The highest BCUT2D eigenvalue weighted by atomic mass is 32.2. The molecule has 20 heavy (non-hydrogen) atoms. The van der Waals surface area contributed by atoms with E-state index in [9.17, 15) is 4.79 Å². The number of carbonyl (C=O) groups is 1. The zero-order valence-corrected chi connectivity index (χ0v) is 13.0. The molecular formula is C15H18N2OS2. The quantitative estimate of drug-likeness (QED) is 0.637. The summed E-state index contributed by atoms with van der Waals surface area (Å²) in [5.74, 6) is 0.509. The molecule has 3 nitrogen and oxygen atoms in total. The lowest BCUT2D eigenvalue weighted by Crippen LogP contribution is -2.27. The minimum Gasteiger partial charge on any atom is -0.399 e. The number of nitrogens with two attached hydrogens (primary N) is 1. The first-order valence-electron chi connectivity index (χ1n) is 6.43. The predicted octanol–water partition coefficient (Wildman–Crippen LogP) is 3.09. The van der Waals surface area contributed by atoms with Crippen LogP contribution in [0.1, 0.15) is 10.4 Å². The third-order valence-electron chi connectivity index (χ3n) is 2.88. The minimum absolute atomic E-state index is 0.0704. The van der Waals surface area contributed by atoms with E-state index in [2.05, 4.69) is 16.8 Å². The van der Waals surface area contributed by atoms with Crippen LogP contribution in [0.4, 0.5) is 5.69 Å². The van der Waals surface area contributed by atoms with Crippen LogP contribution in [0, 0.1) is 6.92 Å². The largest absolute Gasteiger partial charge is 0.399 e. The van der Waals surface area contributed by atoms with E-state index < -0.39 is 0 Å². The Hall–Kier alpha value is -1.46. The Balaban J connectivity index is 1.70. The van der Waals surface area contributed by atoms with Crippen molar-refractivity contribution in [2.45, 2.75) is 18.2 Å². The third kappa shape index (κ3) is 4.58. The SMILES string of the molecule is Cc1cc(SCC(=O)NCCc2cccs2)ccc1N. The molecule has 5 heteroatoms. The van der Waals surface area contributed by atoms with Gasteiger partial charge in [-0.15, -0.1) is 23.1 Å². The van der Waals surface area contributed by atoms with Crippen LogP contribution in [-0.2, 0) is 11.2 Å². The highest BCUT2D eigenvalue weighted by molar-refractivity contribution is 8.00. The van der Waals surface area contributed by atoms with Gasteiger partial charge in [-0.1, -0.05) is 6.07 Å². The summed E-state index contributed by atoms with van der Waals surface area (Å²) in [6.45, 7) is 2.67. The van der Waals surface area contributed by atoms with Crippen LogP contribution in [0.2, 0.25) is 0 Å². The van der Waals surface area contributed by atoms with E-state index in [1.807, 2.05) is 31.2 Å². The third-order valence-corrected chi connectivity index (χ3v) is 4.81. The first kappa shape index (κ1) is 14.9. The van der Waals surface area contributed by atoms with E-state index in [1.54, 1.807) is 11.3 Å². The molecule has 2 rings (SSSR count). The molecule has 0 aliphatic rings. The number of amides is 1. The molecule has 106 valence electrons. The number of nitrogen functional groups attached to an aromatic ring is 1. The fourth-order valence-corrected chi connectivity index (χ4v) is 3.25. The number of hydrogen-bond donors (Lipinski definition) is 2. The van der Waals surface area contributed by atoms with E-state index in [1.165, 1.54) is 16.6 Å². The number of nitrogens with one attached hydrogen (secondary N) is 1. The summed E-state index contributed by atoms with van der Waals surface area (Å²) in [5.41, 5.74) is 7.61. The van der Waals surface area contributed by atoms with Gasteiger partial charge in [0.1, 0.15) is 0 Å². The number of carbonyl (C=O) groups excluding carboxylic acids is 1. The summed E-state index contributed by atoms with van der Waals surface area (Å²) >= 11 is 3.25. The number of aryl methyl sites for hydroxylation is 1. The summed E-state index contributed by atoms with van der Waals surface area (Å²) in [4.78, 5) is 14.1. The van der Waals surface area contributed by atoms with E-state index in [0.717, 1.165) is 22.6 Å². The smallest absolute Gasteiger partial charge is 0.230 e. The highest BCUT2D eigenvalue weighted by Gasteiger charge is 2.04. The van der Waals surface area contributed by atoms with Gasteiger partial charge >= 0.3 is 0 Å². The normalized spacial score (nSPS) is 10.4. The zero-order chi connectivity index (χ0) is 14.4. The lowest BCUT2D eigenvalue weighted by molar-refractivity contribution is -0.118. The second-order valence-electron chi connectivity index (χ2n) is 4.49. The van der Waals surface area contributed by atoms with Crippen molar-refractivity contribution in [2.24, 2.45) is 0 Å². The molecule has 0 bridgehead atoms. The molecule has 0 aliphatic heterocycles. The molecule has 3 N–H and O–H groups in total. The Kier molecular flexibility index (Phi) is 5.49. The van der Waals surface area contributed by atoms with Crippen molar-refractivity contribution in [3.05, 3.63) is 46.2 Å². The Morgan fingerprint density at radius 3 is 2.95 bits per heavy atom. The van der Waals surface area contributed by atoms with Gasteiger partial charge in [-0.3, -0.25) is 4.79 Å². The molecule has 1 heterocycles. The fourth-order valence-electron chi connectivity index (χ4n) is 1.72. The zero-order valence-electron chi connectivity index (χ0n) is 11.4. The first-order chi connectivity index (χ1) is 9.65. The number of thiophene rings is 1. The van der Waals surface area contributed by atoms with E-state index in [-0.39, 0.29) is 5.91 Å². The maximum atomic E-state index is 11.7. The number of benzene rings is 1. The minimum atomic E-state index is 0.0704. The van der Waals surface area contributed by atoms with Crippen molar-refractivity contribution in [2.75, 3.05) is 18.0 Å². The summed E-state index contributed by atoms with van der Waals surface area (Å²) in [7, 11) is 0. The van der Waals surface area contributed by atoms with Crippen molar-refractivity contribution in [3.8, 4) is 0 Å². The van der Waals surface area contributed by atoms with Crippen molar-refractivity contribution in [1.82, 2.24) is 5.32 Å². The Morgan fingerprint density at radius 1 is 1.40 bits per heavy atom. The summed E-state index contributed by atoms with van der Waals surface area (Å²) in [6.07, 6.45) is 0.898. The van der Waals surface area contributed by atoms with Gasteiger partial charge in [0.2, 0.25) is 5.91 Å². The topological polar surface area (TPSA) is 55.1 Å². The van der Waals surface area contributed by atoms with Gasteiger partial charge < -0.3 is 11.1 Å². The molecule has 0 atom stereocenters. The van der Waals surface area contributed by atoms with Crippen molar-refractivity contribution in [3.63, 3.8) is 0 Å². The molecule has 1 aromatic heterocycles. The van der Waals surface area contributed by atoms with Crippen LogP contribution in [0.15, 0.2) is 40.6 Å². The van der Waals surface area contributed by atoms with Gasteiger partial charge in [-0.25, -0.2) is 0 Å². The molecule has 0 aliphatic carbocycles. The lowest BCUT2D eigenvalue weighted by atomic mass is 10.2. The molecule has 1 amide bonds. The Morgan fingerprint density at radius 2 is 2.25 bits per heavy atom. The van der Waals surface area contributed by atoms with Crippen LogP contribution in [0.3, 0.4) is 0 Å². The molecule has 0 saturated carbocycles. The second kappa shape index (κ2) is 7.36. The monoisotopic (exact) mass is 306 g/mol. The number of hydrogen-bond acceptors (Lipinski definition) is 4. The molecule has 0 spiro atoms. The summed E-state index contributed by atoms with van der Waals surface area (Å²) in [6, 6.07) is 9.96. The lowest BCUT2D eigenvalue weighted by Gasteiger charge is -2.06. The van der Waals surface area contributed by atoms with Crippen molar-refractivity contribution >= 4 is 34.7 Å². The van der Waals surface area contributed by atoms with Gasteiger partial charge in [0.15, 0.2) is 0 Å². The molecular weight excluding hydrogens is 288 g/mol. The van der Waals surface area contributed by atoms with Crippen molar-refractivity contribution in [1.29, 1.82) is 0 Å². The van der Waals surface area contributed by atoms with Gasteiger partial charge in [0, 0.05) is 22.0 Å². The maximum absolute atomic E-state index is 11.7. The van der Waals surface area contributed by atoms with Gasteiger partial charge in [-0.2, -0.15) is 0 Å². The number of anilines is 1. The molecule has 2 aromatic rings. The van der Waals surface area contributed by atoms with E-state index >= 15 is 0 Å². The number of thioether (sulfide) groups is 1. The average molecular weight is 306 g/mol. The molecule has 0 saturated heterocycles. The molecule has 0 unspecified atom stereocenters. The fraction of sp³-hybridized carbons (Fsp3) is 0.267. The van der Waals surface area contributed by atoms with Crippen LogP contribution in [0.5, 0.6) is 0 Å². The Labute approximate surface area is 127 Å². The van der Waals surface area contributed by atoms with Gasteiger partial charge in [0.25, 0.3) is 0 Å². The molecule has 0 fully saturated rings. The average Bonchev–Trinajstić information content (AvgIpc) is 2.93. The van der Waals surface area contributed by atoms with E-state index in [4.69, 9.17) is 5.73 Å². The molecule has 0 radical (unpaired) electrons. The van der Waals surface area contributed by atoms with Crippen LogP contribution in [-0.4, -0.2) is 18.2 Å². The van der Waals surface area contributed by atoms with Gasteiger partial charge in [-0.05, 0) is 48.6 Å². The highest BCUT2D eigenvalue weighted by Crippen LogP contribution is 2.22. The van der Waals surface area contributed by atoms with E-state index in [0.29, 0.717) is 12.3 Å². The van der Waals surface area contributed by atoms with Gasteiger partial charge in [0.05, 0.1) is 5.75 Å². The predicted molar refractivity (Wildman–Crippen MR) is 87.3 cm³/mol. The molecule has 1 aromatic carbocycles. The first-order valence-corrected chi connectivity index (χ1v) is 8.29. The van der Waals surface area contributed by atoms with Crippen LogP contribution < -0.4 is 11.1 Å². The van der Waals surface area contributed by atoms with Crippen LogP contribution in [0.25, 0.3) is 0 Å². The second-order valence-corrected chi connectivity index (χ2v) is 6.57. The Bertz CT molecular complexity index is 567. The van der Waals surface area contributed by atoms with Crippen LogP contribution >= 0.6 is 23.1 Å². The summed E-state index contributed by atoms with van der Waals surface area (Å²) < 4.78 is 0. The summed E-state index contributed by atoms with van der Waals surface area (Å²) in [5, 5.41) is 4.99. The number of rotatable bonds is 6. The maximum Gasteiger partial charge on any atom is 0.230 e. The standard InChI is InChI=1S/C15H18N2OS2/c1-11-9-13(4-5-14(11)16)20-10-15(18)17-7-6-12-3-2-8-19-12/h2-5,8-9H,6-7,10,16H2,1H3,(H,17,18).